The maximum absolute atomic E-state index is 10.4. The molecule has 0 saturated carbocycles. The van der Waals surface area contributed by atoms with Gasteiger partial charge in [-0.05, 0) is 24.2 Å². The molecule has 0 saturated heterocycles. The van der Waals surface area contributed by atoms with Gasteiger partial charge < -0.3 is 0 Å². The van der Waals surface area contributed by atoms with Crippen LogP contribution < -0.4 is 0 Å². The van der Waals surface area contributed by atoms with E-state index in [2.05, 4.69) is 22.4 Å². The van der Waals surface area contributed by atoms with E-state index in [1.807, 2.05) is 0 Å². The number of rotatable bonds is 5. The van der Waals surface area contributed by atoms with Crippen molar-refractivity contribution < 1.29 is 4.92 Å². The predicted molar refractivity (Wildman–Crippen MR) is 66.3 cm³/mol. The zero-order valence-electron chi connectivity index (χ0n) is 8.30. The second-order valence-corrected chi connectivity index (χ2v) is 3.96. The molecule has 0 spiro atoms. The van der Waals surface area contributed by atoms with Gasteiger partial charge in [0.15, 0.2) is 0 Å². The van der Waals surface area contributed by atoms with E-state index >= 15 is 0 Å². The van der Waals surface area contributed by atoms with Crippen LogP contribution in [0.15, 0.2) is 29.3 Å². The number of isothiocyanates is 1. The lowest BCUT2D eigenvalue weighted by molar-refractivity contribution is -0.384. The Bertz CT molecular complexity index is 415. The van der Waals surface area contributed by atoms with E-state index < -0.39 is 4.92 Å². The Morgan fingerprint density at radius 3 is 2.62 bits per heavy atom. The molecular weight excluding hydrogens is 248 g/mol. The van der Waals surface area contributed by atoms with Gasteiger partial charge in [-0.3, -0.25) is 10.1 Å². The number of hydrogen-bond donors (Lipinski definition) is 0. The maximum Gasteiger partial charge on any atom is 0.269 e. The molecule has 0 bridgehead atoms. The molecule has 0 aromatic heterocycles. The van der Waals surface area contributed by atoms with Gasteiger partial charge in [0.1, 0.15) is 0 Å². The van der Waals surface area contributed by atoms with E-state index in [9.17, 15) is 10.1 Å². The number of alkyl halides is 1. The number of thiocarbonyl (C=S) groups is 1. The normalized spacial score (nSPS) is 11.6. The van der Waals surface area contributed by atoms with E-state index in [-0.39, 0.29) is 11.1 Å². The van der Waals surface area contributed by atoms with Crippen LogP contribution in [0.25, 0.3) is 0 Å². The summed E-state index contributed by atoms with van der Waals surface area (Å²) in [6, 6.07) is 6.30. The van der Waals surface area contributed by atoms with Crippen LogP contribution >= 0.6 is 23.8 Å². The highest BCUT2D eigenvalue weighted by Gasteiger charge is 2.07. The summed E-state index contributed by atoms with van der Waals surface area (Å²) in [7, 11) is 0. The van der Waals surface area contributed by atoms with Crippen LogP contribution in [0.5, 0.6) is 0 Å². The van der Waals surface area contributed by atoms with Crippen molar-refractivity contribution in [3.8, 4) is 0 Å². The number of nitro groups is 1. The van der Waals surface area contributed by atoms with Crippen molar-refractivity contribution in [1.29, 1.82) is 0 Å². The Morgan fingerprint density at radius 2 is 2.12 bits per heavy atom. The molecule has 4 nitrogen and oxygen atoms in total. The fraction of sp³-hybridized carbons (Fsp3) is 0.300. The van der Waals surface area contributed by atoms with Gasteiger partial charge in [-0.2, -0.15) is 0 Å². The summed E-state index contributed by atoms with van der Waals surface area (Å²) in [6.45, 7) is 0.405. The Balaban J connectivity index is 2.61. The Hall–Kier alpha value is -1.29. The molecule has 0 aliphatic heterocycles. The van der Waals surface area contributed by atoms with Gasteiger partial charge in [0.25, 0.3) is 5.69 Å². The van der Waals surface area contributed by atoms with Crippen LogP contribution in [0.1, 0.15) is 5.56 Å². The first-order valence-corrected chi connectivity index (χ1v) is 5.39. The van der Waals surface area contributed by atoms with Crippen molar-refractivity contribution in [1.82, 2.24) is 0 Å². The lowest BCUT2D eigenvalue weighted by Gasteiger charge is -2.05. The second kappa shape index (κ2) is 6.33. The molecule has 1 atom stereocenters. The molecule has 0 N–H and O–H groups in total. The first-order chi connectivity index (χ1) is 7.63. The smallest absolute Gasteiger partial charge is 0.258 e. The fourth-order valence-corrected chi connectivity index (χ4v) is 1.53. The van der Waals surface area contributed by atoms with Gasteiger partial charge in [-0.15, -0.1) is 11.6 Å². The van der Waals surface area contributed by atoms with Crippen molar-refractivity contribution >= 4 is 34.7 Å². The number of aliphatic imine (C=N–C) groups is 1. The highest BCUT2D eigenvalue weighted by molar-refractivity contribution is 7.78. The molecule has 84 valence electrons. The van der Waals surface area contributed by atoms with Crippen molar-refractivity contribution in [3.63, 3.8) is 0 Å². The summed E-state index contributed by atoms with van der Waals surface area (Å²) in [5.74, 6) is 0. The van der Waals surface area contributed by atoms with Crippen molar-refractivity contribution in [2.45, 2.75) is 11.8 Å². The molecule has 1 aromatic carbocycles. The fourth-order valence-electron chi connectivity index (χ4n) is 1.21. The van der Waals surface area contributed by atoms with Gasteiger partial charge in [-0.1, -0.05) is 12.1 Å². The van der Waals surface area contributed by atoms with E-state index in [4.69, 9.17) is 11.6 Å². The number of hydrogen-bond acceptors (Lipinski definition) is 4. The molecule has 0 fully saturated rings. The molecular formula is C10H9ClN2O2S. The lowest BCUT2D eigenvalue weighted by Crippen LogP contribution is -2.07. The van der Waals surface area contributed by atoms with Crippen LogP contribution in [-0.4, -0.2) is 22.0 Å². The minimum Gasteiger partial charge on any atom is -0.258 e. The highest BCUT2D eigenvalue weighted by atomic mass is 35.5. The zero-order valence-corrected chi connectivity index (χ0v) is 9.87. The van der Waals surface area contributed by atoms with Gasteiger partial charge in [0, 0.05) is 12.1 Å². The standard InChI is InChI=1S/C10H9ClN2O2S/c11-9(6-12-7-16)5-8-1-3-10(4-2-8)13(14)15/h1-4,9H,5-6H2. The summed E-state index contributed by atoms with van der Waals surface area (Å²) >= 11 is 10.4. The number of non-ortho nitro benzene ring substituents is 1. The summed E-state index contributed by atoms with van der Waals surface area (Å²) in [4.78, 5) is 13.7. The number of halogens is 1. The Kier molecular flexibility index (Phi) is 5.05. The summed E-state index contributed by atoms with van der Waals surface area (Å²) in [5.41, 5.74) is 1.01. The third kappa shape index (κ3) is 4.06. The first-order valence-electron chi connectivity index (χ1n) is 4.54. The summed E-state index contributed by atoms with van der Waals surface area (Å²) in [5, 5.41) is 12.5. The quantitative estimate of drug-likeness (QED) is 0.268. The third-order valence-corrected chi connectivity index (χ3v) is 2.38. The molecule has 1 unspecified atom stereocenters. The Labute approximate surface area is 103 Å². The number of benzene rings is 1. The predicted octanol–water partition coefficient (Wildman–Crippen LogP) is 2.85. The maximum atomic E-state index is 10.4. The van der Waals surface area contributed by atoms with Gasteiger partial charge in [-0.25, -0.2) is 4.99 Å². The summed E-state index contributed by atoms with van der Waals surface area (Å²) < 4.78 is 0. The molecule has 0 aliphatic rings. The average molecular weight is 257 g/mol. The molecule has 0 aliphatic carbocycles. The largest absolute Gasteiger partial charge is 0.269 e. The van der Waals surface area contributed by atoms with Crippen LogP contribution in [0.2, 0.25) is 0 Å². The van der Waals surface area contributed by atoms with Crippen LogP contribution in [0, 0.1) is 10.1 Å². The molecule has 0 heterocycles. The van der Waals surface area contributed by atoms with Crippen molar-refractivity contribution in [2.24, 2.45) is 4.99 Å². The molecule has 0 radical (unpaired) electrons. The highest BCUT2D eigenvalue weighted by Crippen LogP contribution is 2.14. The van der Waals surface area contributed by atoms with Gasteiger partial charge >= 0.3 is 0 Å². The average Bonchev–Trinajstić information content (AvgIpc) is 2.27. The molecule has 1 rings (SSSR count). The van der Waals surface area contributed by atoms with Gasteiger partial charge in [0.05, 0.1) is 22.0 Å². The molecule has 1 aromatic rings. The van der Waals surface area contributed by atoms with E-state index in [0.717, 1.165) is 5.56 Å². The Morgan fingerprint density at radius 1 is 1.50 bits per heavy atom. The first kappa shape index (κ1) is 12.8. The second-order valence-electron chi connectivity index (χ2n) is 3.16. The number of nitrogens with zero attached hydrogens (tertiary/aromatic N) is 2. The molecule has 16 heavy (non-hydrogen) atoms. The van der Waals surface area contributed by atoms with Crippen molar-refractivity contribution in [3.05, 3.63) is 39.9 Å². The van der Waals surface area contributed by atoms with E-state index in [1.165, 1.54) is 12.1 Å². The van der Waals surface area contributed by atoms with Gasteiger partial charge in [0.2, 0.25) is 0 Å². The lowest BCUT2D eigenvalue weighted by atomic mass is 10.1. The number of nitro benzene ring substituents is 1. The van der Waals surface area contributed by atoms with E-state index in [0.29, 0.717) is 13.0 Å². The van der Waals surface area contributed by atoms with E-state index in [1.54, 1.807) is 12.1 Å². The topological polar surface area (TPSA) is 55.5 Å². The van der Waals surface area contributed by atoms with Crippen LogP contribution in [-0.2, 0) is 6.42 Å². The van der Waals surface area contributed by atoms with Crippen LogP contribution in [0.3, 0.4) is 0 Å². The summed E-state index contributed by atoms with van der Waals surface area (Å²) in [6.07, 6.45) is 0.597. The zero-order chi connectivity index (χ0) is 12.0. The molecule has 6 heteroatoms. The monoisotopic (exact) mass is 256 g/mol. The molecule has 0 amide bonds. The van der Waals surface area contributed by atoms with Crippen LogP contribution in [0.4, 0.5) is 5.69 Å². The SMILES string of the molecule is O=[N+]([O-])c1ccc(CC(Cl)CN=C=S)cc1. The minimum absolute atomic E-state index is 0.0757. The minimum atomic E-state index is -0.432. The third-order valence-electron chi connectivity index (χ3n) is 1.96. The van der Waals surface area contributed by atoms with Crippen molar-refractivity contribution in [2.75, 3.05) is 6.54 Å².